The summed E-state index contributed by atoms with van der Waals surface area (Å²) >= 11 is 0. The zero-order chi connectivity index (χ0) is 13.9. The first-order chi connectivity index (χ1) is 9.04. The van der Waals surface area contributed by atoms with Crippen molar-refractivity contribution in [2.24, 2.45) is 0 Å². The lowest BCUT2D eigenvalue weighted by Crippen LogP contribution is -2.34. The number of carbonyl (C=O) groups excluding carboxylic acids is 1. The number of rotatable bonds is 3. The largest absolute Gasteiger partial charge is 0.395 e. The van der Waals surface area contributed by atoms with Crippen molar-refractivity contribution in [3.05, 3.63) is 35.1 Å². The average Bonchev–Trinajstić information content (AvgIpc) is 3.09. The lowest BCUT2D eigenvalue weighted by atomic mass is 10.1. The monoisotopic (exact) mass is 261 g/mol. The van der Waals surface area contributed by atoms with Crippen molar-refractivity contribution in [1.82, 2.24) is 5.32 Å². The van der Waals surface area contributed by atoms with E-state index in [1.54, 1.807) is 6.07 Å². The highest BCUT2D eigenvalue weighted by Gasteiger charge is 2.38. The Balaban J connectivity index is 2.10. The molecule has 19 heavy (non-hydrogen) atoms. The van der Waals surface area contributed by atoms with Crippen molar-refractivity contribution >= 4 is 5.91 Å². The third kappa shape index (κ3) is 3.55. The fourth-order valence-electron chi connectivity index (χ4n) is 1.63. The van der Waals surface area contributed by atoms with Gasteiger partial charge in [0.05, 0.1) is 12.2 Å². The Morgan fingerprint density at radius 3 is 2.84 bits per heavy atom. The molecule has 0 bridgehead atoms. The highest BCUT2D eigenvalue weighted by molar-refractivity contribution is 5.95. The Kier molecular flexibility index (Phi) is 3.87. The van der Waals surface area contributed by atoms with Gasteiger partial charge < -0.3 is 10.4 Å². The predicted octanol–water partition coefficient (Wildman–Crippen LogP) is 1.84. The molecule has 2 rings (SSSR count). The van der Waals surface area contributed by atoms with Crippen molar-refractivity contribution in [2.45, 2.75) is 31.7 Å². The zero-order valence-corrected chi connectivity index (χ0v) is 10.8. The number of amides is 1. The minimum Gasteiger partial charge on any atom is -0.395 e. The normalized spacial score (nSPS) is 15.3. The number of hydrogen-bond donors (Lipinski definition) is 2. The van der Waals surface area contributed by atoms with E-state index in [2.05, 4.69) is 17.2 Å². The van der Waals surface area contributed by atoms with E-state index in [0.29, 0.717) is 12.0 Å². The van der Waals surface area contributed by atoms with Gasteiger partial charge in [-0.05, 0) is 38.0 Å². The van der Waals surface area contributed by atoms with E-state index in [4.69, 9.17) is 5.11 Å². The molecule has 0 radical (unpaired) electrons. The predicted molar refractivity (Wildman–Crippen MR) is 70.1 cm³/mol. The van der Waals surface area contributed by atoms with Gasteiger partial charge in [0.2, 0.25) is 0 Å². The van der Waals surface area contributed by atoms with Crippen molar-refractivity contribution in [3.8, 4) is 11.8 Å². The molecule has 1 aliphatic rings. The van der Waals surface area contributed by atoms with Crippen LogP contribution in [-0.4, -0.2) is 23.2 Å². The van der Waals surface area contributed by atoms with Crippen molar-refractivity contribution in [2.75, 3.05) is 6.61 Å². The van der Waals surface area contributed by atoms with Crippen LogP contribution in [0.15, 0.2) is 18.2 Å². The average molecular weight is 261 g/mol. The van der Waals surface area contributed by atoms with Gasteiger partial charge in [-0.2, -0.15) is 0 Å². The molecule has 0 spiro atoms. The van der Waals surface area contributed by atoms with Gasteiger partial charge in [0.25, 0.3) is 5.91 Å². The fraction of sp³-hybridized carbons (Fsp3) is 0.400. The summed E-state index contributed by atoms with van der Waals surface area (Å²) in [7, 11) is 0. The first-order valence-corrected chi connectivity index (χ1v) is 6.26. The van der Waals surface area contributed by atoms with Crippen LogP contribution in [0.3, 0.4) is 0 Å². The summed E-state index contributed by atoms with van der Waals surface area (Å²) in [6, 6.07) is 4.25. The molecule has 0 aromatic heterocycles. The van der Waals surface area contributed by atoms with Crippen LogP contribution < -0.4 is 5.32 Å². The quantitative estimate of drug-likeness (QED) is 0.816. The molecule has 0 unspecified atom stereocenters. The molecule has 3 nitrogen and oxygen atoms in total. The van der Waals surface area contributed by atoms with Gasteiger partial charge in [0.1, 0.15) is 5.82 Å². The standard InChI is InChI=1S/C15H16FNO2/c1-15(7-8-15)17-14(19)12-6-5-11(13(16)10-12)4-2-3-9-18/h5-6,10,18H,3,7-9H2,1H3,(H,17,19). The van der Waals surface area contributed by atoms with Crippen LogP contribution >= 0.6 is 0 Å². The summed E-state index contributed by atoms with van der Waals surface area (Å²) in [5.74, 6) is 4.50. The first-order valence-electron chi connectivity index (χ1n) is 6.26. The van der Waals surface area contributed by atoms with E-state index in [1.165, 1.54) is 12.1 Å². The van der Waals surface area contributed by atoms with E-state index in [0.717, 1.165) is 12.8 Å². The van der Waals surface area contributed by atoms with Crippen molar-refractivity contribution in [1.29, 1.82) is 0 Å². The molecular weight excluding hydrogens is 245 g/mol. The minimum absolute atomic E-state index is 0.0479. The number of nitrogens with one attached hydrogen (secondary N) is 1. The van der Waals surface area contributed by atoms with E-state index in [1.807, 2.05) is 6.92 Å². The molecule has 1 aliphatic carbocycles. The number of benzene rings is 1. The molecule has 4 heteroatoms. The van der Waals surface area contributed by atoms with Gasteiger partial charge in [0.15, 0.2) is 0 Å². The smallest absolute Gasteiger partial charge is 0.251 e. The summed E-state index contributed by atoms with van der Waals surface area (Å²) in [4.78, 5) is 11.9. The summed E-state index contributed by atoms with van der Waals surface area (Å²) in [5.41, 5.74) is 0.425. The molecule has 1 aromatic carbocycles. The summed E-state index contributed by atoms with van der Waals surface area (Å²) in [6.07, 6.45) is 2.23. The molecule has 2 N–H and O–H groups in total. The van der Waals surface area contributed by atoms with E-state index < -0.39 is 5.82 Å². The second kappa shape index (κ2) is 5.41. The number of hydrogen-bond acceptors (Lipinski definition) is 2. The molecule has 0 aliphatic heterocycles. The molecule has 100 valence electrons. The lowest BCUT2D eigenvalue weighted by molar-refractivity contribution is 0.0935. The number of aliphatic hydroxyl groups excluding tert-OH is 1. The highest BCUT2D eigenvalue weighted by Crippen LogP contribution is 2.34. The molecule has 0 atom stereocenters. The summed E-state index contributed by atoms with van der Waals surface area (Å²) < 4.78 is 13.7. The Morgan fingerprint density at radius 1 is 1.53 bits per heavy atom. The number of aliphatic hydroxyl groups is 1. The first kappa shape index (κ1) is 13.6. The van der Waals surface area contributed by atoms with E-state index in [-0.39, 0.29) is 23.6 Å². The molecule has 1 saturated carbocycles. The zero-order valence-electron chi connectivity index (χ0n) is 10.8. The Labute approximate surface area is 111 Å². The SMILES string of the molecule is CC1(NC(=O)c2ccc(C#CCCO)c(F)c2)CC1. The topological polar surface area (TPSA) is 49.3 Å². The van der Waals surface area contributed by atoms with Gasteiger partial charge in [-0.1, -0.05) is 11.8 Å². The molecular formula is C15H16FNO2. The maximum Gasteiger partial charge on any atom is 0.251 e. The fourth-order valence-corrected chi connectivity index (χ4v) is 1.63. The highest BCUT2D eigenvalue weighted by atomic mass is 19.1. The van der Waals surface area contributed by atoms with E-state index in [9.17, 15) is 9.18 Å². The molecule has 1 amide bonds. The van der Waals surface area contributed by atoms with Gasteiger partial charge >= 0.3 is 0 Å². The minimum atomic E-state index is -0.515. The van der Waals surface area contributed by atoms with Gasteiger partial charge in [0, 0.05) is 17.5 Å². The van der Waals surface area contributed by atoms with Crippen LogP contribution in [0.25, 0.3) is 0 Å². The van der Waals surface area contributed by atoms with Gasteiger partial charge in [-0.3, -0.25) is 4.79 Å². The van der Waals surface area contributed by atoms with Crippen LogP contribution in [0.1, 0.15) is 42.1 Å². The molecule has 0 saturated heterocycles. The number of halogens is 1. The van der Waals surface area contributed by atoms with Crippen LogP contribution in [0.5, 0.6) is 0 Å². The van der Waals surface area contributed by atoms with Crippen LogP contribution in [0.2, 0.25) is 0 Å². The van der Waals surface area contributed by atoms with Crippen molar-refractivity contribution < 1.29 is 14.3 Å². The summed E-state index contributed by atoms with van der Waals surface area (Å²) in [6.45, 7) is 1.92. The maximum atomic E-state index is 13.7. The Morgan fingerprint density at radius 2 is 2.26 bits per heavy atom. The van der Waals surface area contributed by atoms with Gasteiger partial charge in [-0.25, -0.2) is 4.39 Å². The maximum absolute atomic E-state index is 13.7. The van der Waals surface area contributed by atoms with Gasteiger partial charge in [-0.15, -0.1) is 0 Å². The second-order valence-corrected chi connectivity index (χ2v) is 4.98. The molecule has 1 aromatic rings. The Hall–Kier alpha value is -1.86. The van der Waals surface area contributed by atoms with Crippen LogP contribution in [-0.2, 0) is 0 Å². The Bertz CT molecular complexity index is 553. The number of carbonyl (C=O) groups is 1. The lowest BCUT2D eigenvalue weighted by Gasteiger charge is -2.11. The van der Waals surface area contributed by atoms with Crippen molar-refractivity contribution in [3.63, 3.8) is 0 Å². The molecule has 1 fully saturated rings. The van der Waals surface area contributed by atoms with E-state index >= 15 is 0 Å². The van der Waals surface area contributed by atoms with Crippen LogP contribution in [0.4, 0.5) is 4.39 Å². The van der Waals surface area contributed by atoms with Crippen LogP contribution in [0, 0.1) is 17.7 Å². The summed E-state index contributed by atoms with van der Waals surface area (Å²) in [5, 5.41) is 11.5. The third-order valence-corrected chi connectivity index (χ3v) is 3.11. The third-order valence-electron chi connectivity index (χ3n) is 3.11. The molecule has 0 heterocycles. The second-order valence-electron chi connectivity index (χ2n) is 4.98.